The molecule has 1 N–H and O–H groups in total. The van der Waals surface area contributed by atoms with Crippen LogP contribution in [0.15, 0.2) is 46.8 Å². The molecule has 3 heteroatoms. The SMILES string of the molecule is c1csc(-c2ccccc2C2=NCCN2)c1. The van der Waals surface area contributed by atoms with E-state index < -0.39 is 0 Å². The predicted molar refractivity (Wildman–Crippen MR) is 69.2 cm³/mol. The molecular formula is C13H12N2S. The molecule has 2 aromatic rings. The number of benzene rings is 1. The minimum Gasteiger partial charge on any atom is -0.368 e. The van der Waals surface area contributed by atoms with E-state index in [9.17, 15) is 0 Å². The molecule has 0 saturated heterocycles. The maximum Gasteiger partial charge on any atom is 0.129 e. The van der Waals surface area contributed by atoms with Gasteiger partial charge in [-0.15, -0.1) is 11.3 Å². The van der Waals surface area contributed by atoms with Gasteiger partial charge in [0, 0.05) is 22.5 Å². The van der Waals surface area contributed by atoms with Gasteiger partial charge in [-0.2, -0.15) is 0 Å². The van der Waals surface area contributed by atoms with Gasteiger partial charge in [-0.25, -0.2) is 0 Å². The van der Waals surface area contributed by atoms with Crippen molar-refractivity contribution in [2.24, 2.45) is 4.99 Å². The van der Waals surface area contributed by atoms with Crippen LogP contribution >= 0.6 is 11.3 Å². The highest BCUT2D eigenvalue weighted by atomic mass is 32.1. The van der Waals surface area contributed by atoms with E-state index in [1.54, 1.807) is 11.3 Å². The molecule has 80 valence electrons. The van der Waals surface area contributed by atoms with Crippen LogP contribution < -0.4 is 5.32 Å². The Bertz CT molecular complexity index is 514. The van der Waals surface area contributed by atoms with Gasteiger partial charge in [-0.1, -0.05) is 30.3 Å². The maximum absolute atomic E-state index is 4.49. The zero-order valence-electron chi connectivity index (χ0n) is 8.81. The van der Waals surface area contributed by atoms with E-state index in [4.69, 9.17) is 0 Å². The number of aliphatic imine (C=N–C) groups is 1. The van der Waals surface area contributed by atoms with Gasteiger partial charge in [-0.3, -0.25) is 4.99 Å². The van der Waals surface area contributed by atoms with E-state index in [-0.39, 0.29) is 0 Å². The van der Waals surface area contributed by atoms with Crippen LogP contribution in [0.2, 0.25) is 0 Å². The first-order valence-corrected chi connectivity index (χ1v) is 6.25. The second-order valence-electron chi connectivity index (χ2n) is 3.68. The highest BCUT2D eigenvalue weighted by molar-refractivity contribution is 7.13. The summed E-state index contributed by atoms with van der Waals surface area (Å²) < 4.78 is 0. The standard InChI is InChI=1S/C13H12N2S/c1-2-5-11(13-14-7-8-15-13)10(4-1)12-6-3-9-16-12/h1-6,9H,7-8H2,(H,14,15). The highest BCUT2D eigenvalue weighted by Crippen LogP contribution is 2.28. The number of rotatable bonds is 2. The van der Waals surface area contributed by atoms with Crippen molar-refractivity contribution < 1.29 is 0 Å². The fourth-order valence-electron chi connectivity index (χ4n) is 1.91. The van der Waals surface area contributed by atoms with Crippen LogP contribution in [0.1, 0.15) is 5.56 Å². The molecule has 2 nitrogen and oxygen atoms in total. The molecule has 0 bridgehead atoms. The number of hydrogen-bond donors (Lipinski definition) is 1. The van der Waals surface area contributed by atoms with Gasteiger partial charge < -0.3 is 5.32 Å². The van der Waals surface area contributed by atoms with Crippen molar-refractivity contribution in [3.63, 3.8) is 0 Å². The average molecular weight is 228 g/mol. The first-order valence-electron chi connectivity index (χ1n) is 5.37. The fraction of sp³-hybridized carbons (Fsp3) is 0.154. The molecule has 0 fully saturated rings. The molecule has 1 aromatic heterocycles. The number of nitrogens with one attached hydrogen (secondary N) is 1. The van der Waals surface area contributed by atoms with Crippen molar-refractivity contribution in [1.82, 2.24) is 5.32 Å². The molecule has 0 amide bonds. The van der Waals surface area contributed by atoms with Gasteiger partial charge in [0.1, 0.15) is 5.84 Å². The lowest BCUT2D eigenvalue weighted by Crippen LogP contribution is -2.20. The van der Waals surface area contributed by atoms with Crippen LogP contribution in [-0.4, -0.2) is 18.9 Å². The van der Waals surface area contributed by atoms with Crippen LogP contribution in [0.3, 0.4) is 0 Å². The largest absolute Gasteiger partial charge is 0.368 e. The fourth-order valence-corrected chi connectivity index (χ4v) is 2.68. The van der Waals surface area contributed by atoms with E-state index >= 15 is 0 Å². The van der Waals surface area contributed by atoms with Crippen molar-refractivity contribution in [3.05, 3.63) is 47.3 Å². The Morgan fingerprint density at radius 1 is 1.06 bits per heavy atom. The van der Waals surface area contributed by atoms with Crippen molar-refractivity contribution in [2.75, 3.05) is 13.1 Å². The molecule has 0 aliphatic carbocycles. The summed E-state index contributed by atoms with van der Waals surface area (Å²) >= 11 is 1.77. The molecule has 0 saturated carbocycles. The first kappa shape index (κ1) is 9.60. The van der Waals surface area contributed by atoms with Crippen LogP contribution in [0.5, 0.6) is 0 Å². The minimum atomic E-state index is 0.883. The lowest BCUT2D eigenvalue weighted by Gasteiger charge is -2.08. The van der Waals surface area contributed by atoms with Crippen molar-refractivity contribution in [3.8, 4) is 10.4 Å². The zero-order chi connectivity index (χ0) is 10.8. The summed E-state index contributed by atoms with van der Waals surface area (Å²) in [7, 11) is 0. The Balaban J connectivity index is 2.11. The average Bonchev–Trinajstić information content (AvgIpc) is 3.03. The number of amidine groups is 1. The summed E-state index contributed by atoms with van der Waals surface area (Å²) in [5, 5.41) is 5.44. The Labute approximate surface area is 98.7 Å². The Hall–Kier alpha value is -1.61. The molecular weight excluding hydrogens is 216 g/mol. The summed E-state index contributed by atoms with van der Waals surface area (Å²) in [5.41, 5.74) is 2.48. The van der Waals surface area contributed by atoms with E-state index in [1.165, 1.54) is 16.0 Å². The quantitative estimate of drug-likeness (QED) is 0.839. The highest BCUT2D eigenvalue weighted by Gasteiger charge is 2.13. The van der Waals surface area contributed by atoms with Gasteiger partial charge in [0.25, 0.3) is 0 Å². The van der Waals surface area contributed by atoms with E-state index in [0.717, 1.165) is 18.9 Å². The third-order valence-corrected chi connectivity index (χ3v) is 3.55. The molecule has 2 heterocycles. The molecule has 3 rings (SSSR count). The van der Waals surface area contributed by atoms with Gasteiger partial charge in [0.15, 0.2) is 0 Å². The normalized spacial score (nSPS) is 14.6. The Morgan fingerprint density at radius 2 is 1.94 bits per heavy atom. The molecule has 0 unspecified atom stereocenters. The molecule has 1 aliphatic rings. The number of thiophene rings is 1. The van der Waals surface area contributed by atoms with Crippen molar-refractivity contribution >= 4 is 17.2 Å². The van der Waals surface area contributed by atoms with Gasteiger partial charge in [0.2, 0.25) is 0 Å². The third-order valence-electron chi connectivity index (χ3n) is 2.64. The maximum atomic E-state index is 4.49. The smallest absolute Gasteiger partial charge is 0.129 e. The summed E-state index contributed by atoms with van der Waals surface area (Å²) in [4.78, 5) is 5.78. The second-order valence-corrected chi connectivity index (χ2v) is 4.63. The lowest BCUT2D eigenvalue weighted by molar-refractivity contribution is 0.960. The van der Waals surface area contributed by atoms with E-state index in [1.807, 2.05) is 0 Å². The van der Waals surface area contributed by atoms with Crippen LogP contribution in [0, 0.1) is 0 Å². The van der Waals surface area contributed by atoms with Crippen molar-refractivity contribution in [2.45, 2.75) is 0 Å². The minimum absolute atomic E-state index is 0.883. The molecule has 16 heavy (non-hydrogen) atoms. The zero-order valence-corrected chi connectivity index (χ0v) is 9.63. The third kappa shape index (κ3) is 1.63. The van der Waals surface area contributed by atoms with Crippen LogP contribution in [-0.2, 0) is 0 Å². The van der Waals surface area contributed by atoms with E-state index in [2.05, 4.69) is 52.1 Å². The van der Waals surface area contributed by atoms with Gasteiger partial charge in [-0.05, 0) is 11.4 Å². The molecule has 0 spiro atoms. The second kappa shape index (κ2) is 4.10. The number of hydrogen-bond acceptors (Lipinski definition) is 3. The Morgan fingerprint density at radius 3 is 2.62 bits per heavy atom. The topological polar surface area (TPSA) is 24.4 Å². The van der Waals surface area contributed by atoms with Crippen LogP contribution in [0.4, 0.5) is 0 Å². The van der Waals surface area contributed by atoms with E-state index in [0.29, 0.717) is 0 Å². The summed E-state index contributed by atoms with van der Waals surface area (Å²) in [5.74, 6) is 1.03. The summed E-state index contributed by atoms with van der Waals surface area (Å²) in [6, 6.07) is 12.7. The van der Waals surface area contributed by atoms with Crippen LogP contribution in [0.25, 0.3) is 10.4 Å². The Kier molecular flexibility index (Phi) is 2.46. The summed E-state index contributed by atoms with van der Waals surface area (Å²) in [6.45, 7) is 1.84. The summed E-state index contributed by atoms with van der Waals surface area (Å²) in [6.07, 6.45) is 0. The molecule has 0 atom stereocenters. The van der Waals surface area contributed by atoms with Gasteiger partial charge >= 0.3 is 0 Å². The predicted octanol–water partition coefficient (Wildman–Crippen LogP) is 2.76. The number of nitrogens with zero attached hydrogens (tertiary/aromatic N) is 1. The first-order chi connectivity index (χ1) is 7.95. The lowest BCUT2D eigenvalue weighted by atomic mass is 10.1. The van der Waals surface area contributed by atoms with Crippen molar-refractivity contribution in [1.29, 1.82) is 0 Å². The molecule has 0 radical (unpaired) electrons. The monoisotopic (exact) mass is 228 g/mol. The molecule has 1 aliphatic heterocycles. The van der Waals surface area contributed by atoms with Gasteiger partial charge in [0.05, 0.1) is 6.54 Å². The molecule has 1 aromatic carbocycles.